The molecule has 3 aromatic rings. The Morgan fingerprint density at radius 2 is 2.22 bits per heavy atom. The number of amides is 2. The molecule has 3 heterocycles. The highest BCUT2D eigenvalue weighted by Gasteiger charge is 2.31. The van der Waals surface area contributed by atoms with Gasteiger partial charge < -0.3 is 14.8 Å². The van der Waals surface area contributed by atoms with Gasteiger partial charge in [0, 0.05) is 41.9 Å². The van der Waals surface area contributed by atoms with Crippen molar-refractivity contribution in [1.82, 2.24) is 19.4 Å². The third kappa shape index (κ3) is 3.43. The molecule has 7 heteroatoms. The molecule has 2 amide bonds. The van der Waals surface area contributed by atoms with Gasteiger partial charge in [-0.2, -0.15) is 0 Å². The van der Waals surface area contributed by atoms with Crippen LogP contribution in [-0.2, 0) is 6.54 Å². The molecule has 140 valence electrons. The van der Waals surface area contributed by atoms with E-state index in [-0.39, 0.29) is 11.9 Å². The zero-order valence-corrected chi connectivity index (χ0v) is 17.0. The van der Waals surface area contributed by atoms with Crippen LogP contribution in [0, 0.1) is 6.92 Å². The molecule has 1 N–H and O–H groups in total. The van der Waals surface area contributed by atoms with E-state index in [1.54, 1.807) is 6.20 Å². The van der Waals surface area contributed by atoms with Gasteiger partial charge in [-0.25, -0.2) is 14.8 Å². The van der Waals surface area contributed by atoms with Gasteiger partial charge in [0.05, 0.1) is 0 Å². The third-order valence-electron chi connectivity index (χ3n) is 5.10. The number of carbonyl (C=O) groups is 1. The smallest absolute Gasteiger partial charge is 0.321 e. The highest BCUT2D eigenvalue weighted by atomic mass is 79.9. The van der Waals surface area contributed by atoms with Gasteiger partial charge in [0.15, 0.2) is 5.65 Å². The van der Waals surface area contributed by atoms with Crippen molar-refractivity contribution >= 4 is 38.8 Å². The molecule has 1 aromatic carbocycles. The zero-order chi connectivity index (χ0) is 19.0. The molecule has 1 aliphatic rings. The summed E-state index contributed by atoms with van der Waals surface area (Å²) in [5.74, 6) is 1.26. The first kappa shape index (κ1) is 18.0. The summed E-state index contributed by atoms with van der Waals surface area (Å²) in [7, 11) is 0. The summed E-state index contributed by atoms with van der Waals surface area (Å²) in [6, 6.07) is 9.68. The second kappa shape index (κ2) is 7.31. The number of benzene rings is 1. The van der Waals surface area contributed by atoms with Crippen LogP contribution in [0.15, 0.2) is 41.0 Å². The molecular formula is C20H22BrN5O. The van der Waals surface area contributed by atoms with E-state index in [2.05, 4.69) is 37.7 Å². The maximum absolute atomic E-state index is 12.7. The van der Waals surface area contributed by atoms with Gasteiger partial charge in [0.2, 0.25) is 0 Å². The summed E-state index contributed by atoms with van der Waals surface area (Å²) >= 11 is 3.49. The Kier molecular flexibility index (Phi) is 4.86. The van der Waals surface area contributed by atoms with E-state index in [4.69, 9.17) is 4.98 Å². The number of aromatic nitrogens is 3. The van der Waals surface area contributed by atoms with Crippen molar-refractivity contribution in [1.29, 1.82) is 0 Å². The summed E-state index contributed by atoms with van der Waals surface area (Å²) in [6.07, 6.45) is 2.71. The topological polar surface area (TPSA) is 63.1 Å². The SMILES string of the molecule is CCn1c(C2CCN(C(=O)Nc3ccc(Br)c(C)c3)C2)nc2cccnc21. The lowest BCUT2D eigenvalue weighted by atomic mass is 10.1. The number of hydrogen-bond acceptors (Lipinski definition) is 3. The molecule has 27 heavy (non-hydrogen) atoms. The second-order valence-corrected chi connectivity index (χ2v) is 7.74. The van der Waals surface area contributed by atoms with E-state index in [1.165, 1.54) is 0 Å². The number of halogens is 1. The van der Waals surface area contributed by atoms with Crippen LogP contribution in [-0.4, -0.2) is 38.6 Å². The maximum atomic E-state index is 12.7. The van der Waals surface area contributed by atoms with E-state index in [0.29, 0.717) is 6.54 Å². The van der Waals surface area contributed by atoms with Crippen molar-refractivity contribution in [3.05, 3.63) is 52.4 Å². The number of carbonyl (C=O) groups excluding carboxylic acids is 1. The molecule has 0 aliphatic carbocycles. The highest BCUT2D eigenvalue weighted by Crippen LogP contribution is 2.29. The van der Waals surface area contributed by atoms with Crippen LogP contribution in [0.1, 0.15) is 30.7 Å². The monoisotopic (exact) mass is 427 g/mol. The first-order chi connectivity index (χ1) is 13.1. The molecule has 0 saturated carbocycles. The first-order valence-corrected chi connectivity index (χ1v) is 9.99. The van der Waals surface area contributed by atoms with Gasteiger partial charge in [-0.05, 0) is 56.2 Å². The van der Waals surface area contributed by atoms with Gasteiger partial charge in [-0.15, -0.1) is 0 Å². The normalized spacial score (nSPS) is 16.9. The zero-order valence-electron chi connectivity index (χ0n) is 15.4. The van der Waals surface area contributed by atoms with Crippen molar-refractivity contribution in [3.8, 4) is 0 Å². The number of likely N-dealkylation sites (tertiary alicyclic amines) is 1. The van der Waals surface area contributed by atoms with Crippen molar-refractivity contribution in [2.75, 3.05) is 18.4 Å². The van der Waals surface area contributed by atoms with Gasteiger partial charge in [0.25, 0.3) is 0 Å². The Balaban J connectivity index is 1.50. The van der Waals surface area contributed by atoms with Crippen LogP contribution in [0.25, 0.3) is 11.2 Å². The highest BCUT2D eigenvalue weighted by molar-refractivity contribution is 9.10. The number of aryl methyl sites for hydroxylation is 2. The molecule has 1 atom stereocenters. The quantitative estimate of drug-likeness (QED) is 0.666. The predicted molar refractivity (Wildman–Crippen MR) is 110 cm³/mol. The minimum atomic E-state index is -0.0588. The Morgan fingerprint density at radius 1 is 1.37 bits per heavy atom. The van der Waals surface area contributed by atoms with Crippen LogP contribution in [0.5, 0.6) is 0 Å². The Hall–Kier alpha value is -2.41. The van der Waals surface area contributed by atoms with E-state index in [9.17, 15) is 4.79 Å². The minimum Gasteiger partial charge on any atom is -0.324 e. The lowest BCUT2D eigenvalue weighted by Crippen LogP contribution is -2.33. The Bertz CT molecular complexity index is 999. The van der Waals surface area contributed by atoms with Gasteiger partial charge in [0.1, 0.15) is 11.3 Å². The largest absolute Gasteiger partial charge is 0.324 e. The number of imidazole rings is 1. The molecule has 6 nitrogen and oxygen atoms in total. The van der Waals surface area contributed by atoms with Crippen LogP contribution >= 0.6 is 15.9 Å². The van der Waals surface area contributed by atoms with Crippen molar-refractivity contribution in [2.45, 2.75) is 32.7 Å². The fourth-order valence-electron chi connectivity index (χ4n) is 3.68. The van der Waals surface area contributed by atoms with Crippen molar-refractivity contribution < 1.29 is 4.79 Å². The van der Waals surface area contributed by atoms with Crippen LogP contribution in [0.2, 0.25) is 0 Å². The minimum absolute atomic E-state index is 0.0588. The van der Waals surface area contributed by atoms with Gasteiger partial charge in [-0.3, -0.25) is 0 Å². The molecule has 1 saturated heterocycles. The number of nitrogens with zero attached hydrogens (tertiary/aromatic N) is 4. The number of rotatable bonds is 3. The lowest BCUT2D eigenvalue weighted by Gasteiger charge is -2.18. The Labute approximate surface area is 166 Å². The number of pyridine rings is 1. The fraction of sp³-hybridized carbons (Fsp3) is 0.350. The summed E-state index contributed by atoms with van der Waals surface area (Å²) in [6.45, 7) is 6.34. The van der Waals surface area contributed by atoms with Crippen LogP contribution in [0.3, 0.4) is 0 Å². The van der Waals surface area contributed by atoms with Crippen molar-refractivity contribution in [3.63, 3.8) is 0 Å². The molecule has 1 unspecified atom stereocenters. The molecule has 0 radical (unpaired) electrons. The average Bonchev–Trinajstić information content (AvgIpc) is 3.29. The number of urea groups is 1. The molecule has 0 bridgehead atoms. The molecular weight excluding hydrogens is 406 g/mol. The van der Waals surface area contributed by atoms with E-state index < -0.39 is 0 Å². The lowest BCUT2D eigenvalue weighted by molar-refractivity contribution is 0.222. The van der Waals surface area contributed by atoms with Crippen LogP contribution < -0.4 is 5.32 Å². The van der Waals surface area contributed by atoms with Crippen LogP contribution in [0.4, 0.5) is 10.5 Å². The standard InChI is InChI=1S/C20H22BrN5O/c1-3-26-18(24-17-5-4-9-22-19(17)26)14-8-10-25(12-14)20(27)23-15-6-7-16(21)13(2)11-15/h4-7,9,11,14H,3,8,10,12H2,1-2H3,(H,23,27). The first-order valence-electron chi connectivity index (χ1n) is 9.20. The second-order valence-electron chi connectivity index (χ2n) is 6.89. The summed E-state index contributed by atoms with van der Waals surface area (Å²) < 4.78 is 3.20. The van der Waals surface area contributed by atoms with Crippen molar-refractivity contribution in [2.24, 2.45) is 0 Å². The number of nitrogens with one attached hydrogen (secondary N) is 1. The summed E-state index contributed by atoms with van der Waals surface area (Å²) in [5, 5.41) is 3.01. The van der Waals surface area contributed by atoms with Gasteiger partial charge in [-0.1, -0.05) is 15.9 Å². The fourth-order valence-corrected chi connectivity index (χ4v) is 3.93. The number of anilines is 1. The molecule has 4 rings (SSSR count). The molecule has 1 fully saturated rings. The van der Waals surface area contributed by atoms with E-state index in [1.807, 2.05) is 42.2 Å². The Morgan fingerprint density at radius 3 is 3.00 bits per heavy atom. The number of hydrogen-bond donors (Lipinski definition) is 1. The van der Waals surface area contributed by atoms with E-state index >= 15 is 0 Å². The van der Waals surface area contributed by atoms with E-state index in [0.717, 1.165) is 52.2 Å². The third-order valence-corrected chi connectivity index (χ3v) is 5.99. The molecule has 0 spiro atoms. The maximum Gasteiger partial charge on any atom is 0.321 e. The molecule has 1 aliphatic heterocycles. The molecule has 2 aromatic heterocycles. The number of fused-ring (bicyclic) bond motifs is 1. The summed E-state index contributed by atoms with van der Waals surface area (Å²) in [5.41, 5.74) is 3.75. The predicted octanol–water partition coefficient (Wildman–Crippen LogP) is 4.54. The summed E-state index contributed by atoms with van der Waals surface area (Å²) in [4.78, 5) is 23.8. The van der Waals surface area contributed by atoms with Gasteiger partial charge >= 0.3 is 6.03 Å². The average molecular weight is 428 g/mol.